The van der Waals surface area contributed by atoms with E-state index in [4.69, 9.17) is 0 Å². The highest BCUT2D eigenvalue weighted by molar-refractivity contribution is 7.80. The van der Waals surface area contributed by atoms with Gasteiger partial charge in [0.05, 0.1) is 5.69 Å². The van der Waals surface area contributed by atoms with Crippen molar-refractivity contribution in [3.63, 3.8) is 0 Å². The standard InChI is InChI=1S/C16H13NO2S/c18-20(19)17-16-11-4-3-9-15(16)14-10-5-7-12-6-1-2-8-13(12)14/h1-11,17H,(H,18,19)/p-1. The molecule has 4 heteroatoms. The van der Waals surface area contributed by atoms with E-state index in [0.717, 1.165) is 21.9 Å². The van der Waals surface area contributed by atoms with Crippen LogP contribution >= 0.6 is 0 Å². The van der Waals surface area contributed by atoms with Gasteiger partial charge < -0.3 is 9.27 Å². The number of hydrogen-bond acceptors (Lipinski definition) is 2. The van der Waals surface area contributed by atoms with Crippen molar-refractivity contribution >= 4 is 27.7 Å². The Balaban J connectivity index is 2.23. The van der Waals surface area contributed by atoms with Crippen molar-refractivity contribution in [3.05, 3.63) is 66.7 Å². The van der Waals surface area contributed by atoms with Gasteiger partial charge in [0.1, 0.15) is 0 Å². The number of anilines is 1. The van der Waals surface area contributed by atoms with E-state index >= 15 is 0 Å². The molecule has 3 nitrogen and oxygen atoms in total. The maximum Gasteiger partial charge on any atom is 0.0531 e. The molecule has 100 valence electrons. The van der Waals surface area contributed by atoms with Crippen molar-refractivity contribution in [1.82, 2.24) is 0 Å². The van der Waals surface area contributed by atoms with Crippen LogP contribution in [-0.2, 0) is 11.3 Å². The number of rotatable bonds is 3. The predicted octanol–water partition coefficient (Wildman–Crippen LogP) is 3.71. The van der Waals surface area contributed by atoms with E-state index in [1.165, 1.54) is 0 Å². The van der Waals surface area contributed by atoms with E-state index in [2.05, 4.69) is 4.72 Å². The first kappa shape index (κ1) is 12.8. The van der Waals surface area contributed by atoms with E-state index < -0.39 is 11.3 Å². The van der Waals surface area contributed by atoms with Gasteiger partial charge in [-0.2, -0.15) is 0 Å². The van der Waals surface area contributed by atoms with Crippen molar-refractivity contribution in [2.75, 3.05) is 4.72 Å². The molecule has 0 spiro atoms. The molecule has 0 aliphatic rings. The van der Waals surface area contributed by atoms with Crippen molar-refractivity contribution in [2.24, 2.45) is 0 Å². The van der Waals surface area contributed by atoms with E-state index in [1.54, 1.807) is 6.07 Å². The Bertz CT molecular complexity index is 781. The fourth-order valence-corrected chi connectivity index (χ4v) is 2.71. The highest BCUT2D eigenvalue weighted by Crippen LogP contribution is 2.33. The summed E-state index contributed by atoms with van der Waals surface area (Å²) in [7, 11) is 0. The van der Waals surface area contributed by atoms with Crippen molar-refractivity contribution in [1.29, 1.82) is 0 Å². The summed E-state index contributed by atoms with van der Waals surface area (Å²) in [6, 6.07) is 21.4. The summed E-state index contributed by atoms with van der Waals surface area (Å²) in [5.74, 6) is 0. The lowest BCUT2D eigenvalue weighted by Crippen LogP contribution is -2.03. The molecule has 0 aliphatic heterocycles. The van der Waals surface area contributed by atoms with Gasteiger partial charge in [-0.3, -0.25) is 4.21 Å². The van der Waals surface area contributed by atoms with Crippen LogP contribution in [0.15, 0.2) is 66.7 Å². The summed E-state index contributed by atoms with van der Waals surface area (Å²) in [5, 5.41) is 2.23. The first-order chi connectivity index (χ1) is 9.75. The molecule has 3 aromatic carbocycles. The highest BCUT2D eigenvalue weighted by atomic mass is 32.2. The predicted molar refractivity (Wildman–Crippen MR) is 81.9 cm³/mol. The molecule has 0 aliphatic carbocycles. The molecule has 0 fully saturated rings. The van der Waals surface area contributed by atoms with Crippen LogP contribution in [0.1, 0.15) is 0 Å². The zero-order valence-corrected chi connectivity index (χ0v) is 11.4. The highest BCUT2D eigenvalue weighted by Gasteiger charge is 2.07. The lowest BCUT2D eigenvalue weighted by atomic mass is 9.97. The minimum atomic E-state index is -2.33. The molecule has 0 bridgehead atoms. The first-order valence-corrected chi connectivity index (χ1v) is 7.26. The fraction of sp³-hybridized carbons (Fsp3) is 0. The number of benzene rings is 3. The van der Waals surface area contributed by atoms with Crippen molar-refractivity contribution in [3.8, 4) is 11.1 Å². The molecule has 0 saturated carbocycles. The zero-order valence-electron chi connectivity index (χ0n) is 10.6. The van der Waals surface area contributed by atoms with E-state index in [0.29, 0.717) is 5.69 Å². The van der Waals surface area contributed by atoms with Gasteiger partial charge in [-0.25, -0.2) is 0 Å². The number of para-hydroxylation sites is 1. The summed E-state index contributed by atoms with van der Waals surface area (Å²) < 4.78 is 24.3. The molecule has 3 aromatic rings. The molecule has 1 N–H and O–H groups in total. The molecule has 3 rings (SSSR count). The molecule has 20 heavy (non-hydrogen) atoms. The summed E-state index contributed by atoms with van der Waals surface area (Å²) in [6.45, 7) is 0. The summed E-state index contributed by atoms with van der Waals surface area (Å²) >= 11 is -2.33. The Labute approximate surface area is 119 Å². The van der Waals surface area contributed by atoms with Crippen LogP contribution in [0.2, 0.25) is 0 Å². The second kappa shape index (κ2) is 5.45. The Kier molecular flexibility index (Phi) is 3.50. The number of fused-ring (bicyclic) bond motifs is 1. The summed E-state index contributed by atoms with van der Waals surface area (Å²) in [6.07, 6.45) is 0. The Morgan fingerprint density at radius 1 is 0.800 bits per heavy atom. The number of nitrogens with one attached hydrogen (secondary N) is 1. The van der Waals surface area contributed by atoms with E-state index in [1.807, 2.05) is 60.7 Å². The lowest BCUT2D eigenvalue weighted by Gasteiger charge is -2.15. The molecule has 0 aromatic heterocycles. The van der Waals surface area contributed by atoms with Gasteiger partial charge in [0.15, 0.2) is 0 Å². The number of hydrogen-bond donors (Lipinski definition) is 1. The molecular weight excluding hydrogens is 270 g/mol. The second-order valence-corrected chi connectivity index (χ2v) is 5.08. The third-order valence-electron chi connectivity index (χ3n) is 3.20. The lowest BCUT2D eigenvalue weighted by molar-refractivity contribution is 0.542. The van der Waals surface area contributed by atoms with E-state index in [9.17, 15) is 8.76 Å². The largest absolute Gasteiger partial charge is 0.755 e. The third-order valence-corrected chi connectivity index (χ3v) is 3.59. The van der Waals surface area contributed by atoms with Crippen LogP contribution in [-0.4, -0.2) is 8.76 Å². The van der Waals surface area contributed by atoms with Crippen molar-refractivity contribution < 1.29 is 8.76 Å². The van der Waals surface area contributed by atoms with E-state index in [-0.39, 0.29) is 0 Å². The quantitative estimate of drug-likeness (QED) is 0.744. The smallest absolute Gasteiger partial charge is 0.0531 e. The second-order valence-electron chi connectivity index (χ2n) is 4.41. The normalized spacial score (nSPS) is 12.2. The fourth-order valence-electron chi connectivity index (χ4n) is 2.36. The molecule has 1 unspecified atom stereocenters. The van der Waals surface area contributed by atoms with Gasteiger partial charge in [0, 0.05) is 16.8 Å². The maximum absolute atomic E-state index is 10.9. The van der Waals surface area contributed by atoms with Crippen LogP contribution in [0.25, 0.3) is 21.9 Å². The minimum absolute atomic E-state index is 0.581. The van der Waals surface area contributed by atoms with Crippen LogP contribution in [0.4, 0.5) is 5.69 Å². The van der Waals surface area contributed by atoms with Gasteiger partial charge >= 0.3 is 0 Å². The molecular formula is C16H12NO2S-. The molecule has 0 heterocycles. The summed E-state index contributed by atoms with van der Waals surface area (Å²) in [4.78, 5) is 0. The van der Waals surface area contributed by atoms with Gasteiger partial charge in [-0.1, -0.05) is 60.7 Å². The maximum atomic E-state index is 10.9. The monoisotopic (exact) mass is 282 g/mol. The zero-order chi connectivity index (χ0) is 13.9. The third kappa shape index (κ3) is 2.43. The molecule has 0 saturated heterocycles. The van der Waals surface area contributed by atoms with Gasteiger partial charge in [0.2, 0.25) is 0 Å². The Morgan fingerprint density at radius 3 is 2.30 bits per heavy atom. The van der Waals surface area contributed by atoms with Gasteiger partial charge in [-0.05, 0) is 22.4 Å². The SMILES string of the molecule is O=S([O-])Nc1ccccc1-c1cccc2ccccc12. The first-order valence-electron chi connectivity index (χ1n) is 6.19. The van der Waals surface area contributed by atoms with Crippen LogP contribution < -0.4 is 4.72 Å². The molecule has 1 atom stereocenters. The van der Waals surface area contributed by atoms with Crippen molar-refractivity contribution in [2.45, 2.75) is 0 Å². The average molecular weight is 282 g/mol. The average Bonchev–Trinajstić information content (AvgIpc) is 2.47. The van der Waals surface area contributed by atoms with Crippen LogP contribution in [0.5, 0.6) is 0 Å². The van der Waals surface area contributed by atoms with Gasteiger partial charge in [-0.15, -0.1) is 0 Å². The van der Waals surface area contributed by atoms with Gasteiger partial charge in [0.25, 0.3) is 0 Å². The Morgan fingerprint density at radius 2 is 1.45 bits per heavy atom. The minimum Gasteiger partial charge on any atom is -0.755 e. The molecule has 0 radical (unpaired) electrons. The van der Waals surface area contributed by atoms with Crippen LogP contribution in [0.3, 0.4) is 0 Å². The Hall–Kier alpha value is -2.17. The van der Waals surface area contributed by atoms with Crippen LogP contribution in [0, 0.1) is 0 Å². The topological polar surface area (TPSA) is 52.2 Å². The summed E-state index contributed by atoms with van der Waals surface area (Å²) in [5.41, 5.74) is 2.46. The molecule has 0 amide bonds.